The minimum absolute atomic E-state index is 0.0874. The van der Waals surface area contributed by atoms with Crippen molar-refractivity contribution < 1.29 is 23.1 Å². The summed E-state index contributed by atoms with van der Waals surface area (Å²) in [6, 6.07) is 10.9. The Balaban J connectivity index is 1.44. The van der Waals surface area contributed by atoms with Crippen LogP contribution < -0.4 is 14.4 Å². The number of hydrogen-bond donors (Lipinski definition) is 2. The van der Waals surface area contributed by atoms with Crippen molar-refractivity contribution >= 4 is 27.3 Å². The molecule has 1 aliphatic rings. The van der Waals surface area contributed by atoms with Gasteiger partial charge in [0.05, 0.1) is 17.1 Å². The zero-order valence-corrected chi connectivity index (χ0v) is 17.7. The van der Waals surface area contributed by atoms with Crippen molar-refractivity contribution in [2.24, 2.45) is 7.05 Å². The van der Waals surface area contributed by atoms with E-state index in [2.05, 4.69) is 10.3 Å². The number of rotatable bonds is 6. The van der Waals surface area contributed by atoms with Gasteiger partial charge in [-0.15, -0.1) is 0 Å². The number of phenolic OH excluding ortho intramolecular Hbond substituents is 1. The maximum Gasteiger partial charge on any atom is 0.255 e. The number of aromatic hydroxyl groups is 1. The lowest BCUT2D eigenvalue weighted by atomic mass is 10.2. The van der Waals surface area contributed by atoms with E-state index in [1.807, 2.05) is 17.8 Å². The number of ether oxygens (including phenoxy) is 1. The molecule has 4 rings (SSSR count). The van der Waals surface area contributed by atoms with Gasteiger partial charge in [-0.3, -0.25) is 9.10 Å². The third-order valence-electron chi connectivity index (χ3n) is 5.02. The highest BCUT2D eigenvalue weighted by molar-refractivity contribution is 7.93. The minimum Gasteiger partial charge on any atom is -0.506 e. The Kier molecular flexibility index (Phi) is 5.55. The number of aryl methyl sites for hydroxylation is 1. The summed E-state index contributed by atoms with van der Waals surface area (Å²) in [5.41, 5.74) is 0.909. The molecule has 1 saturated heterocycles. The van der Waals surface area contributed by atoms with Crippen molar-refractivity contribution in [2.75, 3.05) is 21.9 Å². The summed E-state index contributed by atoms with van der Waals surface area (Å²) in [6.45, 7) is 0.676. The van der Waals surface area contributed by atoms with E-state index in [1.54, 1.807) is 30.5 Å². The van der Waals surface area contributed by atoms with Crippen LogP contribution in [0.3, 0.4) is 0 Å². The van der Waals surface area contributed by atoms with Crippen LogP contribution >= 0.6 is 0 Å². The van der Waals surface area contributed by atoms with E-state index in [0.717, 1.165) is 5.82 Å². The Morgan fingerprint density at radius 2 is 2.00 bits per heavy atom. The lowest BCUT2D eigenvalue weighted by Gasteiger charge is -2.18. The molecule has 31 heavy (non-hydrogen) atoms. The zero-order chi connectivity index (χ0) is 22.0. The van der Waals surface area contributed by atoms with E-state index >= 15 is 0 Å². The van der Waals surface area contributed by atoms with Crippen molar-refractivity contribution in [3.05, 3.63) is 66.2 Å². The molecule has 2 heterocycles. The van der Waals surface area contributed by atoms with Crippen LogP contribution in [0.1, 0.15) is 22.6 Å². The molecular formula is C21H22N4O5S. The second-order valence-corrected chi connectivity index (χ2v) is 9.18. The van der Waals surface area contributed by atoms with Gasteiger partial charge in [-0.1, -0.05) is 0 Å². The fourth-order valence-electron chi connectivity index (χ4n) is 3.29. The van der Waals surface area contributed by atoms with Crippen molar-refractivity contribution in [1.29, 1.82) is 0 Å². The number of imidazole rings is 1. The normalized spacial score (nSPS) is 15.1. The van der Waals surface area contributed by atoms with Gasteiger partial charge in [-0.05, 0) is 48.9 Å². The molecule has 2 aromatic carbocycles. The van der Waals surface area contributed by atoms with Gasteiger partial charge >= 0.3 is 0 Å². The predicted octanol–water partition coefficient (Wildman–Crippen LogP) is 2.50. The molecule has 9 nitrogen and oxygen atoms in total. The number of nitrogens with one attached hydrogen (secondary N) is 1. The number of hydrogen-bond acceptors (Lipinski definition) is 6. The largest absolute Gasteiger partial charge is 0.506 e. The smallest absolute Gasteiger partial charge is 0.255 e. The third kappa shape index (κ3) is 4.48. The molecule has 0 atom stereocenters. The van der Waals surface area contributed by atoms with E-state index in [4.69, 9.17) is 4.74 Å². The number of amides is 1. The predicted molar refractivity (Wildman–Crippen MR) is 116 cm³/mol. The molecule has 0 aliphatic carbocycles. The SMILES string of the molecule is Cn1ccnc1COc1ccc(C(=O)Nc2cc(N3CCCS3(=O)=O)ccc2O)cc1. The summed E-state index contributed by atoms with van der Waals surface area (Å²) in [4.78, 5) is 16.8. The van der Waals surface area contributed by atoms with Crippen LogP contribution in [0, 0.1) is 0 Å². The summed E-state index contributed by atoms with van der Waals surface area (Å²) < 4.78 is 33.1. The molecule has 1 amide bonds. The Morgan fingerprint density at radius 3 is 2.65 bits per heavy atom. The highest BCUT2D eigenvalue weighted by Gasteiger charge is 2.29. The molecular weight excluding hydrogens is 420 g/mol. The highest BCUT2D eigenvalue weighted by atomic mass is 32.2. The summed E-state index contributed by atoms with van der Waals surface area (Å²) in [5.74, 6) is 0.862. The number of aromatic nitrogens is 2. The molecule has 1 fully saturated rings. The summed E-state index contributed by atoms with van der Waals surface area (Å²) in [5, 5.41) is 12.8. The molecule has 3 aromatic rings. The number of carbonyl (C=O) groups is 1. The molecule has 0 saturated carbocycles. The van der Waals surface area contributed by atoms with E-state index in [9.17, 15) is 18.3 Å². The third-order valence-corrected chi connectivity index (χ3v) is 6.89. The Hall–Kier alpha value is -3.53. The van der Waals surface area contributed by atoms with Crippen molar-refractivity contribution in [1.82, 2.24) is 9.55 Å². The number of anilines is 2. The maximum atomic E-state index is 12.6. The Bertz CT molecular complexity index is 1200. The zero-order valence-electron chi connectivity index (χ0n) is 16.9. The molecule has 0 unspecified atom stereocenters. The summed E-state index contributed by atoms with van der Waals surface area (Å²) >= 11 is 0. The minimum atomic E-state index is -3.36. The highest BCUT2D eigenvalue weighted by Crippen LogP contribution is 2.32. The van der Waals surface area contributed by atoms with Crippen LogP contribution in [-0.4, -0.2) is 41.3 Å². The van der Waals surface area contributed by atoms with Gasteiger partial charge in [0.25, 0.3) is 5.91 Å². The van der Waals surface area contributed by atoms with Gasteiger partial charge < -0.3 is 19.7 Å². The first kappa shape index (κ1) is 20.7. The second kappa shape index (κ2) is 8.31. The summed E-state index contributed by atoms with van der Waals surface area (Å²) in [6.07, 6.45) is 4.06. The Labute approximate surface area is 180 Å². The molecule has 162 valence electrons. The Morgan fingerprint density at radius 1 is 1.23 bits per heavy atom. The maximum absolute atomic E-state index is 12.6. The molecule has 10 heteroatoms. The van der Waals surface area contributed by atoms with Crippen LogP contribution in [-0.2, 0) is 23.7 Å². The van der Waals surface area contributed by atoms with Gasteiger partial charge in [0.15, 0.2) is 0 Å². The fourth-order valence-corrected chi connectivity index (χ4v) is 4.85. The van der Waals surface area contributed by atoms with Gasteiger partial charge in [-0.2, -0.15) is 0 Å². The van der Waals surface area contributed by atoms with Gasteiger partial charge in [0, 0.05) is 31.5 Å². The van der Waals surface area contributed by atoms with Crippen molar-refractivity contribution in [3.8, 4) is 11.5 Å². The van der Waals surface area contributed by atoms with E-state index in [1.165, 1.54) is 22.5 Å². The molecule has 0 radical (unpaired) electrons. The first-order valence-corrected chi connectivity index (χ1v) is 11.3. The monoisotopic (exact) mass is 442 g/mol. The molecule has 2 N–H and O–H groups in total. The van der Waals surface area contributed by atoms with Gasteiger partial charge in [-0.25, -0.2) is 13.4 Å². The summed E-state index contributed by atoms with van der Waals surface area (Å²) in [7, 11) is -1.48. The first-order chi connectivity index (χ1) is 14.8. The fraction of sp³-hybridized carbons (Fsp3) is 0.238. The van der Waals surface area contributed by atoms with E-state index < -0.39 is 15.9 Å². The van der Waals surface area contributed by atoms with Gasteiger partial charge in [0.1, 0.15) is 23.9 Å². The number of benzene rings is 2. The van der Waals surface area contributed by atoms with Crippen molar-refractivity contribution in [3.63, 3.8) is 0 Å². The van der Waals surface area contributed by atoms with Crippen LogP contribution in [0.4, 0.5) is 11.4 Å². The number of phenols is 1. The second-order valence-electron chi connectivity index (χ2n) is 7.16. The van der Waals surface area contributed by atoms with Crippen LogP contribution in [0.25, 0.3) is 0 Å². The number of carbonyl (C=O) groups excluding carboxylic acids is 1. The number of sulfonamides is 1. The molecule has 1 aliphatic heterocycles. The topological polar surface area (TPSA) is 114 Å². The van der Waals surface area contributed by atoms with Gasteiger partial charge in [0.2, 0.25) is 10.0 Å². The average Bonchev–Trinajstić information content (AvgIpc) is 3.32. The van der Waals surface area contributed by atoms with Crippen molar-refractivity contribution in [2.45, 2.75) is 13.0 Å². The molecule has 0 spiro atoms. The van der Waals surface area contributed by atoms with E-state index in [0.29, 0.717) is 36.6 Å². The van der Waals surface area contributed by atoms with Crippen LogP contribution in [0.2, 0.25) is 0 Å². The number of nitrogens with zero attached hydrogens (tertiary/aromatic N) is 3. The quantitative estimate of drug-likeness (QED) is 0.567. The molecule has 0 bridgehead atoms. The van der Waals surface area contributed by atoms with Crippen LogP contribution in [0.15, 0.2) is 54.9 Å². The first-order valence-electron chi connectivity index (χ1n) is 9.67. The average molecular weight is 442 g/mol. The standard InChI is InChI=1S/C21H22N4O5S/c1-24-11-9-22-20(24)14-30-17-6-3-15(4-7-17)21(27)23-18-13-16(5-8-19(18)26)25-10-2-12-31(25,28)29/h3-9,11,13,26H,2,10,12,14H2,1H3,(H,23,27). The lowest BCUT2D eigenvalue weighted by Crippen LogP contribution is -2.25. The van der Waals surface area contributed by atoms with E-state index in [-0.39, 0.29) is 17.2 Å². The molecule has 1 aromatic heterocycles. The lowest BCUT2D eigenvalue weighted by molar-refractivity contribution is 0.102. The van der Waals surface area contributed by atoms with Crippen LogP contribution in [0.5, 0.6) is 11.5 Å².